The summed E-state index contributed by atoms with van der Waals surface area (Å²) < 4.78 is 5.56. The minimum absolute atomic E-state index is 0.227. The van der Waals surface area contributed by atoms with Gasteiger partial charge in [0.25, 0.3) is 0 Å². The molecule has 0 radical (unpaired) electrons. The van der Waals surface area contributed by atoms with Gasteiger partial charge in [0.1, 0.15) is 16.9 Å². The van der Waals surface area contributed by atoms with E-state index in [1.54, 1.807) is 23.9 Å². The Bertz CT molecular complexity index is 516. The first-order valence-electron chi connectivity index (χ1n) is 5.05. The van der Waals surface area contributed by atoms with E-state index in [9.17, 15) is 4.79 Å². The summed E-state index contributed by atoms with van der Waals surface area (Å²) in [6, 6.07) is 7.07. The molecule has 0 saturated heterocycles. The number of carboxylic acid groups (broad SMARTS) is 1. The molecule has 0 bridgehead atoms. The summed E-state index contributed by atoms with van der Waals surface area (Å²) in [6.45, 7) is 2.08. The maximum absolute atomic E-state index is 11.0. The van der Waals surface area contributed by atoms with Gasteiger partial charge in [-0.15, -0.1) is 0 Å². The van der Waals surface area contributed by atoms with Crippen molar-refractivity contribution in [1.82, 2.24) is 0 Å². The molecule has 0 fully saturated rings. The first kappa shape index (κ1) is 11.1. The molecule has 1 aromatic carbocycles. The molecule has 0 unspecified atom stereocenters. The first-order chi connectivity index (χ1) is 7.72. The summed E-state index contributed by atoms with van der Waals surface area (Å²) >= 11 is 1.75. The van der Waals surface area contributed by atoms with Crippen molar-refractivity contribution in [2.75, 3.05) is 5.75 Å². The van der Waals surface area contributed by atoms with Crippen LogP contribution in [0.2, 0.25) is 0 Å². The van der Waals surface area contributed by atoms with Crippen LogP contribution in [0.5, 0.6) is 0 Å². The third kappa shape index (κ3) is 2.07. The average Bonchev–Trinajstić information content (AvgIpc) is 2.68. The second-order valence-corrected chi connectivity index (χ2v) is 4.65. The molecular weight excluding hydrogens is 224 g/mol. The molecule has 0 aliphatic carbocycles. The molecule has 4 heteroatoms. The van der Waals surface area contributed by atoms with E-state index in [1.165, 1.54) is 0 Å². The molecule has 0 aliphatic rings. The van der Waals surface area contributed by atoms with Crippen molar-refractivity contribution in [3.05, 3.63) is 35.6 Å². The number of thioether (sulfide) groups is 1. The highest BCUT2D eigenvalue weighted by atomic mass is 32.2. The van der Waals surface area contributed by atoms with Crippen molar-refractivity contribution >= 4 is 28.7 Å². The summed E-state index contributed by atoms with van der Waals surface area (Å²) in [5.74, 6) is 1.68. The van der Waals surface area contributed by atoms with Crippen LogP contribution in [0.25, 0.3) is 11.0 Å². The molecule has 84 valence electrons. The lowest BCUT2D eigenvalue weighted by molar-refractivity contribution is 0.0698. The topological polar surface area (TPSA) is 50.4 Å². The molecule has 2 rings (SSSR count). The van der Waals surface area contributed by atoms with Gasteiger partial charge in [-0.1, -0.05) is 19.1 Å². The maximum Gasteiger partial charge on any atom is 0.339 e. The molecule has 0 amide bonds. The SMILES string of the molecule is CCSCc1cc2cccc(C(=O)O)c2o1. The van der Waals surface area contributed by atoms with E-state index in [0.717, 1.165) is 22.7 Å². The highest BCUT2D eigenvalue weighted by molar-refractivity contribution is 7.98. The minimum Gasteiger partial charge on any atom is -0.478 e. The third-order valence-corrected chi connectivity index (χ3v) is 3.17. The Morgan fingerprint density at radius 2 is 2.31 bits per heavy atom. The molecule has 0 atom stereocenters. The van der Waals surface area contributed by atoms with Gasteiger partial charge in [0, 0.05) is 5.39 Å². The van der Waals surface area contributed by atoms with Crippen molar-refractivity contribution in [3.63, 3.8) is 0 Å². The fourth-order valence-electron chi connectivity index (χ4n) is 1.56. The van der Waals surface area contributed by atoms with Crippen LogP contribution in [0, 0.1) is 0 Å². The van der Waals surface area contributed by atoms with Gasteiger partial charge in [-0.25, -0.2) is 4.79 Å². The van der Waals surface area contributed by atoms with E-state index in [1.807, 2.05) is 12.1 Å². The molecule has 1 heterocycles. The number of rotatable bonds is 4. The number of fused-ring (bicyclic) bond motifs is 1. The van der Waals surface area contributed by atoms with Gasteiger partial charge in [0.05, 0.1) is 5.75 Å². The number of carboxylic acids is 1. The van der Waals surface area contributed by atoms with Crippen molar-refractivity contribution < 1.29 is 14.3 Å². The van der Waals surface area contributed by atoms with E-state index in [-0.39, 0.29) is 5.56 Å². The van der Waals surface area contributed by atoms with Crippen LogP contribution in [0.4, 0.5) is 0 Å². The Morgan fingerprint density at radius 1 is 1.50 bits per heavy atom. The Hall–Kier alpha value is -1.42. The van der Waals surface area contributed by atoms with Crippen LogP contribution in [0.3, 0.4) is 0 Å². The lowest BCUT2D eigenvalue weighted by Gasteiger charge is -1.95. The van der Waals surface area contributed by atoms with Crippen LogP contribution in [-0.4, -0.2) is 16.8 Å². The number of hydrogen-bond donors (Lipinski definition) is 1. The van der Waals surface area contributed by atoms with Crippen LogP contribution in [0.15, 0.2) is 28.7 Å². The standard InChI is InChI=1S/C12H12O3S/c1-2-16-7-9-6-8-4-3-5-10(12(13)14)11(8)15-9/h3-6H,2,7H2,1H3,(H,13,14). The fourth-order valence-corrected chi connectivity index (χ4v) is 2.11. The highest BCUT2D eigenvalue weighted by Crippen LogP contribution is 2.25. The molecule has 16 heavy (non-hydrogen) atoms. The third-order valence-electron chi connectivity index (χ3n) is 2.27. The maximum atomic E-state index is 11.0. The van der Waals surface area contributed by atoms with Crippen molar-refractivity contribution in [3.8, 4) is 0 Å². The van der Waals surface area contributed by atoms with Gasteiger partial charge < -0.3 is 9.52 Å². The molecular formula is C12H12O3S. The quantitative estimate of drug-likeness (QED) is 0.884. The van der Waals surface area contributed by atoms with Crippen LogP contribution in [0.1, 0.15) is 23.0 Å². The second kappa shape index (κ2) is 4.61. The summed E-state index contributed by atoms with van der Waals surface area (Å²) in [6.07, 6.45) is 0. The van der Waals surface area contributed by atoms with Crippen molar-refractivity contribution in [2.24, 2.45) is 0 Å². The normalized spacial score (nSPS) is 10.8. The number of para-hydroxylation sites is 1. The fraction of sp³-hybridized carbons (Fsp3) is 0.250. The molecule has 0 spiro atoms. The summed E-state index contributed by atoms with van der Waals surface area (Å²) in [4.78, 5) is 11.0. The predicted octanol–water partition coefficient (Wildman–Crippen LogP) is 3.38. The van der Waals surface area contributed by atoms with Crippen molar-refractivity contribution in [1.29, 1.82) is 0 Å². The van der Waals surface area contributed by atoms with Crippen molar-refractivity contribution in [2.45, 2.75) is 12.7 Å². The predicted molar refractivity (Wildman–Crippen MR) is 65.0 cm³/mol. The Kier molecular flexibility index (Phi) is 3.19. The molecule has 1 N–H and O–H groups in total. The Balaban J connectivity index is 2.44. The number of furan rings is 1. The molecule has 0 saturated carbocycles. The molecule has 0 aliphatic heterocycles. The lowest BCUT2D eigenvalue weighted by atomic mass is 10.1. The smallest absolute Gasteiger partial charge is 0.339 e. The number of aromatic carboxylic acids is 1. The van der Waals surface area contributed by atoms with Crippen LogP contribution < -0.4 is 0 Å². The van der Waals surface area contributed by atoms with Crippen LogP contribution >= 0.6 is 11.8 Å². The zero-order valence-electron chi connectivity index (χ0n) is 8.90. The van der Waals surface area contributed by atoms with Gasteiger partial charge in [-0.05, 0) is 17.9 Å². The van der Waals surface area contributed by atoms with E-state index in [2.05, 4.69) is 6.92 Å². The largest absolute Gasteiger partial charge is 0.478 e. The molecule has 3 nitrogen and oxygen atoms in total. The van der Waals surface area contributed by atoms with Gasteiger partial charge in [0.15, 0.2) is 0 Å². The van der Waals surface area contributed by atoms with Gasteiger partial charge in [-0.2, -0.15) is 11.8 Å². The molecule has 2 aromatic rings. The second-order valence-electron chi connectivity index (χ2n) is 3.38. The average molecular weight is 236 g/mol. The zero-order valence-corrected chi connectivity index (χ0v) is 9.71. The van der Waals surface area contributed by atoms with E-state index < -0.39 is 5.97 Å². The van der Waals surface area contributed by atoms with Gasteiger partial charge in [-0.3, -0.25) is 0 Å². The minimum atomic E-state index is -0.949. The van der Waals surface area contributed by atoms with E-state index >= 15 is 0 Å². The summed E-state index contributed by atoms with van der Waals surface area (Å²) in [5, 5.41) is 9.86. The highest BCUT2D eigenvalue weighted by Gasteiger charge is 2.12. The number of carbonyl (C=O) groups is 1. The Labute approximate surface area is 97.4 Å². The number of benzene rings is 1. The summed E-state index contributed by atoms with van der Waals surface area (Å²) in [5.41, 5.74) is 0.701. The Morgan fingerprint density at radius 3 is 3.00 bits per heavy atom. The van der Waals surface area contributed by atoms with Gasteiger partial charge in [0.2, 0.25) is 0 Å². The first-order valence-corrected chi connectivity index (χ1v) is 6.20. The van der Waals surface area contributed by atoms with Crippen LogP contribution in [-0.2, 0) is 5.75 Å². The molecule has 1 aromatic heterocycles. The van der Waals surface area contributed by atoms with E-state index in [0.29, 0.717) is 5.58 Å². The van der Waals surface area contributed by atoms with Gasteiger partial charge >= 0.3 is 5.97 Å². The zero-order chi connectivity index (χ0) is 11.5. The summed E-state index contributed by atoms with van der Waals surface area (Å²) in [7, 11) is 0. The van der Waals surface area contributed by atoms with E-state index in [4.69, 9.17) is 9.52 Å². The lowest BCUT2D eigenvalue weighted by Crippen LogP contribution is -1.95. The number of hydrogen-bond acceptors (Lipinski definition) is 3. The monoisotopic (exact) mass is 236 g/mol.